The van der Waals surface area contributed by atoms with E-state index < -0.39 is 5.82 Å². The second kappa shape index (κ2) is 7.91. The Morgan fingerprint density at radius 2 is 1.52 bits per heavy atom. The van der Waals surface area contributed by atoms with Crippen LogP contribution in [0.4, 0.5) is 8.78 Å². The van der Waals surface area contributed by atoms with E-state index in [1.54, 1.807) is 34.9 Å². The number of halogens is 2. The fraction of sp³-hybridized carbons (Fsp3) is 0.273. The topological polar surface area (TPSA) is 40.6 Å². The number of hydrogen-bond acceptors (Lipinski definition) is 3. The number of amides is 2. The molecule has 0 atom stereocenters. The number of thiophene rings is 1. The first kappa shape index (κ1) is 19.5. The second-order valence-corrected chi connectivity index (χ2v) is 8.14. The zero-order valence-corrected chi connectivity index (χ0v) is 16.8. The molecule has 7 heteroatoms. The zero-order chi connectivity index (χ0) is 20.5. The van der Waals surface area contributed by atoms with Crippen molar-refractivity contribution in [1.29, 1.82) is 0 Å². The predicted octanol–water partition coefficient (Wildman–Crippen LogP) is 4.48. The van der Waals surface area contributed by atoms with Crippen molar-refractivity contribution in [2.24, 2.45) is 0 Å². The van der Waals surface area contributed by atoms with Crippen molar-refractivity contribution >= 4 is 33.2 Å². The van der Waals surface area contributed by atoms with Crippen LogP contribution in [0.1, 0.15) is 32.0 Å². The van der Waals surface area contributed by atoms with Gasteiger partial charge in [0.25, 0.3) is 11.8 Å². The molecule has 1 aliphatic heterocycles. The summed E-state index contributed by atoms with van der Waals surface area (Å²) in [7, 11) is 0. The monoisotopic (exact) mass is 414 g/mol. The summed E-state index contributed by atoms with van der Waals surface area (Å²) in [4.78, 5) is 29.6. The Bertz CT molecular complexity index is 1100. The lowest BCUT2D eigenvalue weighted by Gasteiger charge is -2.22. The van der Waals surface area contributed by atoms with Crippen molar-refractivity contribution in [3.63, 3.8) is 0 Å². The molecule has 2 amide bonds. The molecule has 0 unspecified atom stereocenters. The molecule has 2 aromatic carbocycles. The van der Waals surface area contributed by atoms with Crippen LogP contribution in [-0.4, -0.2) is 47.8 Å². The molecule has 4 rings (SSSR count). The first-order valence-corrected chi connectivity index (χ1v) is 10.3. The number of rotatable bonds is 2. The normalized spacial score (nSPS) is 14.9. The highest BCUT2D eigenvalue weighted by atomic mass is 32.1. The fourth-order valence-corrected chi connectivity index (χ4v) is 4.92. The number of fused-ring (bicyclic) bond motifs is 1. The van der Waals surface area contributed by atoms with Crippen molar-refractivity contribution < 1.29 is 18.4 Å². The third-order valence-electron chi connectivity index (χ3n) is 5.27. The number of carbonyl (C=O) groups is 2. The number of nitrogens with zero attached hydrogens (tertiary/aromatic N) is 2. The summed E-state index contributed by atoms with van der Waals surface area (Å²) in [5, 5.41) is 0.493. The van der Waals surface area contributed by atoms with Gasteiger partial charge in [-0.2, -0.15) is 0 Å². The smallest absolute Gasteiger partial charge is 0.264 e. The quantitative estimate of drug-likeness (QED) is 0.621. The van der Waals surface area contributed by atoms with Crippen molar-refractivity contribution in [1.82, 2.24) is 9.80 Å². The Morgan fingerprint density at radius 1 is 0.862 bits per heavy atom. The van der Waals surface area contributed by atoms with Crippen LogP contribution in [0, 0.1) is 18.6 Å². The van der Waals surface area contributed by atoms with E-state index in [-0.39, 0.29) is 23.2 Å². The molecule has 150 valence electrons. The lowest BCUT2D eigenvalue weighted by molar-refractivity contribution is 0.0718. The van der Waals surface area contributed by atoms with Crippen LogP contribution in [0.2, 0.25) is 0 Å². The Kier molecular flexibility index (Phi) is 5.32. The average molecular weight is 414 g/mol. The summed E-state index contributed by atoms with van der Waals surface area (Å²) in [5.74, 6) is -1.38. The minimum atomic E-state index is -0.544. The van der Waals surface area contributed by atoms with E-state index in [2.05, 4.69) is 0 Å². The summed E-state index contributed by atoms with van der Waals surface area (Å²) in [6, 6.07) is 10.8. The highest BCUT2D eigenvalue weighted by Crippen LogP contribution is 2.33. The third kappa shape index (κ3) is 3.62. The summed E-state index contributed by atoms with van der Waals surface area (Å²) in [6.45, 7) is 3.40. The molecular formula is C22H20F2N2O2S. The van der Waals surface area contributed by atoms with Crippen LogP contribution in [0.15, 0.2) is 42.5 Å². The number of carbonyl (C=O) groups excluding carboxylic acids is 2. The molecular weight excluding hydrogens is 394 g/mol. The second-order valence-electron chi connectivity index (χ2n) is 7.09. The Hall–Kier alpha value is -2.80. The molecule has 0 bridgehead atoms. The van der Waals surface area contributed by atoms with Gasteiger partial charge in [0.2, 0.25) is 0 Å². The minimum Gasteiger partial charge on any atom is -0.337 e. The minimum absolute atomic E-state index is 0.0445. The maximum Gasteiger partial charge on any atom is 0.264 e. The van der Waals surface area contributed by atoms with Gasteiger partial charge in [0.1, 0.15) is 11.6 Å². The van der Waals surface area contributed by atoms with Gasteiger partial charge in [-0.1, -0.05) is 18.2 Å². The zero-order valence-electron chi connectivity index (χ0n) is 16.0. The third-order valence-corrected chi connectivity index (χ3v) is 6.52. The Morgan fingerprint density at radius 3 is 2.21 bits per heavy atom. The first-order valence-electron chi connectivity index (χ1n) is 9.48. The fourth-order valence-electron chi connectivity index (χ4n) is 3.73. The molecule has 4 nitrogen and oxygen atoms in total. The SMILES string of the molecule is Cc1c(C(=O)N2CCCN(C(=O)c3ccccc3F)CC2)sc2cccc(F)c12. The van der Waals surface area contributed by atoms with Crippen molar-refractivity contribution in [2.45, 2.75) is 13.3 Å². The van der Waals surface area contributed by atoms with Crippen molar-refractivity contribution in [2.75, 3.05) is 26.2 Å². The lowest BCUT2D eigenvalue weighted by atomic mass is 10.1. The maximum atomic E-state index is 14.2. The first-order chi connectivity index (χ1) is 14.0. The molecule has 0 aliphatic carbocycles. The van der Waals surface area contributed by atoms with E-state index in [4.69, 9.17) is 0 Å². The molecule has 29 heavy (non-hydrogen) atoms. The summed E-state index contributed by atoms with van der Waals surface area (Å²) < 4.78 is 28.9. The van der Waals surface area contributed by atoms with Crippen LogP contribution in [-0.2, 0) is 0 Å². The van der Waals surface area contributed by atoms with E-state index in [1.165, 1.54) is 29.5 Å². The lowest BCUT2D eigenvalue weighted by Crippen LogP contribution is -2.37. The molecule has 0 spiro atoms. The molecule has 0 radical (unpaired) electrons. The standard InChI is InChI=1S/C22H20F2N2O2S/c1-14-19-17(24)8-4-9-18(19)29-20(14)22(28)26-11-5-10-25(12-13-26)21(27)15-6-2-3-7-16(15)23/h2-4,6-9H,5,10-13H2,1H3. The maximum absolute atomic E-state index is 14.2. The van der Waals surface area contributed by atoms with Gasteiger partial charge >= 0.3 is 0 Å². The summed E-state index contributed by atoms with van der Waals surface area (Å²) in [6.07, 6.45) is 0.601. The number of benzene rings is 2. The summed E-state index contributed by atoms with van der Waals surface area (Å²) >= 11 is 1.29. The van der Waals surface area contributed by atoms with Crippen molar-refractivity contribution in [3.8, 4) is 0 Å². The van der Waals surface area contributed by atoms with E-state index in [9.17, 15) is 18.4 Å². The predicted molar refractivity (Wildman–Crippen MR) is 109 cm³/mol. The van der Waals surface area contributed by atoms with E-state index in [0.717, 1.165) is 4.70 Å². The molecule has 3 aromatic rings. The van der Waals surface area contributed by atoms with Gasteiger partial charge in [-0.15, -0.1) is 11.3 Å². The number of aryl methyl sites for hydroxylation is 1. The van der Waals surface area contributed by atoms with Crippen molar-refractivity contribution in [3.05, 3.63) is 70.1 Å². The molecule has 1 saturated heterocycles. The largest absolute Gasteiger partial charge is 0.337 e. The molecule has 0 N–H and O–H groups in total. The van der Waals surface area contributed by atoms with E-state index >= 15 is 0 Å². The van der Waals surface area contributed by atoms with Gasteiger partial charge < -0.3 is 9.80 Å². The number of hydrogen-bond donors (Lipinski definition) is 0. The van der Waals surface area contributed by atoms with Gasteiger partial charge in [-0.05, 0) is 43.2 Å². The van der Waals surface area contributed by atoms with Gasteiger partial charge in [-0.3, -0.25) is 9.59 Å². The van der Waals surface area contributed by atoms with Crippen LogP contribution < -0.4 is 0 Å². The highest BCUT2D eigenvalue weighted by molar-refractivity contribution is 7.21. The molecule has 1 fully saturated rings. The van der Waals surface area contributed by atoms with E-state index in [0.29, 0.717) is 48.4 Å². The van der Waals surface area contributed by atoms with Gasteiger partial charge in [-0.25, -0.2) is 8.78 Å². The van der Waals surface area contributed by atoms with E-state index in [1.807, 2.05) is 6.07 Å². The Balaban J connectivity index is 1.52. The molecule has 1 aromatic heterocycles. The Labute approximate surface area is 171 Å². The van der Waals surface area contributed by atoms with Gasteiger partial charge in [0, 0.05) is 36.3 Å². The van der Waals surface area contributed by atoms with Crippen LogP contribution in [0.5, 0.6) is 0 Å². The van der Waals surface area contributed by atoms with Gasteiger partial charge in [0.05, 0.1) is 10.4 Å². The van der Waals surface area contributed by atoms with Crippen LogP contribution in [0.3, 0.4) is 0 Å². The average Bonchev–Trinajstić information content (AvgIpc) is 2.89. The molecule has 2 heterocycles. The van der Waals surface area contributed by atoms with Crippen LogP contribution >= 0.6 is 11.3 Å². The van der Waals surface area contributed by atoms with Gasteiger partial charge in [0.15, 0.2) is 0 Å². The summed E-state index contributed by atoms with van der Waals surface area (Å²) in [5.41, 5.74) is 0.694. The highest BCUT2D eigenvalue weighted by Gasteiger charge is 2.27. The van der Waals surface area contributed by atoms with Crippen LogP contribution in [0.25, 0.3) is 10.1 Å². The molecule has 0 saturated carbocycles. The molecule has 1 aliphatic rings.